The summed E-state index contributed by atoms with van der Waals surface area (Å²) < 4.78 is 6.67. The van der Waals surface area contributed by atoms with E-state index in [-0.39, 0.29) is 5.95 Å². The van der Waals surface area contributed by atoms with Crippen molar-refractivity contribution in [3.05, 3.63) is 65.3 Å². The maximum absolute atomic E-state index is 5.97. The summed E-state index contributed by atoms with van der Waals surface area (Å²) in [6.07, 6.45) is 1.77. The largest absolute Gasteiger partial charge is 0.493 e. The minimum absolute atomic E-state index is 0.177. The van der Waals surface area contributed by atoms with Crippen molar-refractivity contribution in [1.29, 1.82) is 0 Å². The zero-order valence-corrected chi connectivity index (χ0v) is 16.8. The second-order valence-corrected chi connectivity index (χ2v) is 7.03. The van der Waals surface area contributed by atoms with Gasteiger partial charge in [-0.3, -0.25) is 4.98 Å². The molecule has 3 N–H and O–H groups in total. The highest BCUT2D eigenvalue weighted by atomic mass is 79.9. The molecule has 2 aromatic carbocycles. The van der Waals surface area contributed by atoms with Crippen LogP contribution in [0.4, 0.5) is 17.5 Å². The Bertz CT molecular complexity index is 1150. The molecule has 0 fully saturated rings. The Labute approximate surface area is 170 Å². The number of nitrogens with one attached hydrogen (secondary N) is 1. The predicted octanol–water partition coefficient (Wildman–Crippen LogP) is 5.18. The first-order chi connectivity index (χ1) is 13.6. The van der Waals surface area contributed by atoms with E-state index in [0.29, 0.717) is 18.1 Å². The van der Waals surface area contributed by atoms with Crippen LogP contribution in [0.1, 0.15) is 6.92 Å². The van der Waals surface area contributed by atoms with Gasteiger partial charge in [0.1, 0.15) is 11.6 Å². The number of halogens is 1. The number of hydrogen-bond donors (Lipinski definition) is 2. The van der Waals surface area contributed by atoms with Gasteiger partial charge in [-0.1, -0.05) is 34.1 Å². The number of rotatable bonds is 5. The molecule has 4 rings (SSSR count). The summed E-state index contributed by atoms with van der Waals surface area (Å²) in [6, 6.07) is 17.6. The van der Waals surface area contributed by atoms with E-state index >= 15 is 0 Å². The zero-order chi connectivity index (χ0) is 19.5. The van der Waals surface area contributed by atoms with Gasteiger partial charge in [0, 0.05) is 21.5 Å². The Kier molecular flexibility index (Phi) is 5.08. The van der Waals surface area contributed by atoms with E-state index in [2.05, 4.69) is 36.2 Å². The third-order valence-electron chi connectivity index (χ3n) is 4.12. The number of ether oxygens (including phenoxy) is 1. The quantitative estimate of drug-likeness (QED) is 0.449. The topological polar surface area (TPSA) is 86.0 Å². The lowest BCUT2D eigenvalue weighted by Gasteiger charge is -2.12. The first-order valence-corrected chi connectivity index (χ1v) is 9.61. The summed E-state index contributed by atoms with van der Waals surface area (Å²) in [5.41, 5.74) is 9.24. The number of nitrogen functional groups attached to an aromatic ring is 1. The zero-order valence-electron chi connectivity index (χ0n) is 15.2. The fourth-order valence-electron chi connectivity index (χ4n) is 2.94. The van der Waals surface area contributed by atoms with Gasteiger partial charge in [0.15, 0.2) is 0 Å². The number of anilines is 3. The van der Waals surface area contributed by atoms with Crippen molar-refractivity contribution >= 4 is 44.3 Å². The van der Waals surface area contributed by atoms with Gasteiger partial charge in [0.25, 0.3) is 0 Å². The molecular weight excluding hydrogens is 418 g/mol. The number of nitrogens with zero attached hydrogens (tertiary/aromatic N) is 3. The van der Waals surface area contributed by atoms with Crippen LogP contribution < -0.4 is 15.8 Å². The second-order valence-electron chi connectivity index (χ2n) is 6.11. The molecule has 0 bridgehead atoms. The lowest BCUT2D eigenvalue weighted by atomic mass is 10.1. The smallest absolute Gasteiger partial charge is 0.222 e. The number of para-hydroxylation sites is 1. The summed E-state index contributed by atoms with van der Waals surface area (Å²) in [5.74, 6) is 1.50. The molecule has 7 heteroatoms. The maximum atomic E-state index is 5.97. The molecule has 0 amide bonds. The summed E-state index contributed by atoms with van der Waals surface area (Å²) in [4.78, 5) is 13.2. The molecule has 2 aromatic heterocycles. The van der Waals surface area contributed by atoms with Crippen LogP contribution in [0.15, 0.2) is 65.3 Å². The average Bonchev–Trinajstić information content (AvgIpc) is 2.69. The minimum atomic E-state index is 0.177. The molecule has 0 radical (unpaired) electrons. The lowest BCUT2D eigenvalue weighted by molar-refractivity contribution is 0.341. The van der Waals surface area contributed by atoms with E-state index in [1.807, 2.05) is 61.5 Å². The molecule has 28 heavy (non-hydrogen) atoms. The van der Waals surface area contributed by atoms with Gasteiger partial charge in [0.05, 0.1) is 29.7 Å². The maximum Gasteiger partial charge on any atom is 0.222 e. The first kappa shape index (κ1) is 18.2. The van der Waals surface area contributed by atoms with Crippen molar-refractivity contribution in [3.63, 3.8) is 0 Å². The standard InChI is InChI=1S/C21H18BrN5O/c1-2-28-19-8-7-14(22)10-16(19)18-11-20(27-21(23)26-18)25-15-9-13-5-3-4-6-17(13)24-12-15/h3-12H,2H2,1H3,(H3,23,25,26,27). The van der Waals surface area contributed by atoms with Crippen LogP contribution in [0, 0.1) is 0 Å². The SMILES string of the molecule is CCOc1ccc(Br)cc1-c1cc(Nc2cnc3ccccc3c2)nc(N)n1. The van der Waals surface area contributed by atoms with E-state index in [1.54, 1.807) is 6.20 Å². The molecule has 0 atom stereocenters. The number of benzene rings is 2. The lowest BCUT2D eigenvalue weighted by Crippen LogP contribution is -2.03. The van der Waals surface area contributed by atoms with Crippen molar-refractivity contribution < 1.29 is 4.74 Å². The monoisotopic (exact) mass is 435 g/mol. The van der Waals surface area contributed by atoms with Crippen LogP contribution in [-0.2, 0) is 0 Å². The van der Waals surface area contributed by atoms with E-state index in [4.69, 9.17) is 10.5 Å². The summed E-state index contributed by atoms with van der Waals surface area (Å²) in [6.45, 7) is 2.50. The van der Waals surface area contributed by atoms with Crippen molar-refractivity contribution in [2.75, 3.05) is 17.7 Å². The number of pyridine rings is 1. The van der Waals surface area contributed by atoms with Gasteiger partial charge in [0.2, 0.25) is 5.95 Å². The van der Waals surface area contributed by atoms with Crippen molar-refractivity contribution in [3.8, 4) is 17.0 Å². The highest BCUT2D eigenvalue weighted by Crippen LogP contribution is 2.33. The van der Waals surface area contributed by atoms with Gasteiger partial charge in [-0.05, 0) is 37.3 Å². The molecule has 0 saturated heterocycles. The first-order valence-electron chi connectivity index (χ1n) is 8.81. The highest BCUT2D eigenvalue weighted by molar-refractivity contribution is 9.10. The van der Waals surface area contributed by atoms with E-state index in [9.17, 15) is 0 Å². The van der Waals surface area contributed by atoms with E-state index in [0.717, 1.165) is 32.4 Å². The molecule has 0 saturated carbocycles. The van der Waals surface area contributed by atoms with Crippen LogP contribution in [0.3, 0.4) is 0 Å². The molecule has 140 valence electrons. The Morgan fingerprint density at radius 1 is 1.07 bits per heavy atom. The normalized spacial score (nSPS) is 10.8. The number of aromatic nitrogens is 3. The van der Waals surface area contributed by atoms with Crippen LogP contribution in [0.25, 0.3) is 22.2 Å². The molecule has 0 spiro atoms. The Hall–Kier alpha value is -3.19. The molecule has 0 aliphatic rings. The molecule has 2 heterocycles. The Balaban J connectivity index is 1.72. The van der Waals surface area contributed by atoms with Crippen molar-refractivity contribution in [1.82, 2.24) is 15.0 Å². The molecule has 4 aromatic rings. The molecule has 0 unspecified atom stereocenters. The minimum Gasteiger partial charge on any atom is -0.493 e. The average molecular weight is 436 g/mol. The van der Waals surface area contributed by atoms with Crippen LogP contribution >= 0.6 is 15.9 Å². The van der Waals surface area contributed by atoms with Crippen LogP contribution in [0.5, 0.6) is 5.75 Å². The van der Waals surface area contributed by atoms with Crippen molar-refractivity contribution in [2.45, 2.75) is 6.92 Å². The van der Waals surface area contributed by atoms with Gasteiger partial charge in [-0.15, -0.1) is 0 Å². The van der Waals surface area contributed by atoms with Crippen LogP contribution in [0.2, 0.25) is 0 Å². The van der Waals surface area contributed by atoms with E-state index in [1.165, 1.54) is 0 Å². The highest BCUT2D eigenvalue weighted by Gasteiger charge is 2.12. The third-order valence-corrected chi connectivity index (χ3v) is 4.62. The number of nitrogens with two attached hydrogens (primary N) is 1. The molecular formula is C21H18BrN5O. The number of fused-ring (bicyclic) bond motifs is 1. The number of hydrogen-bond acceptors (Lipinski definition) is 6. The predicted molar refractivity (Wildman–Crippen MR) is 116 cm³/mol. The Morgan fingerprint density at radius 2 is 1.93 bits per heavy atom. The second kappa shape index (κ2) is 7.82. The van der Waals surface area contributed by atoms with Crippen LogP contribution in [-0.4, -0.2) is 21.6 Å². The van der Waals surface area contributed by atoms with Gasteiger partial charge < -0.3 is 15.8 Å². The van der Waals surface area contributed by atoms with Crippen molar-refractivity contribution in [2.24, 2.45) is 0 Å². The third kappa shape index (κ3) is 3.89. The van der Waals surface area contributed by atoms with Gasteiger partial charge >= 0.3 is 0 Å². The molecule has 6 nitrogen and oxygen atoms in total. The fourth-order valence-corrected chi connectivity index (χ4v) is 3.30. The summed E-state index contributed by atoms with van der Waals surface area (Å²) >= 11 is 3.50. The molecule has 0 aliphatic carbocycles. The van der Waals surface area contributed by atoms with Gasteiger partial charge in [-0.2, -0.15) is 4.98 Å². The molecule has 0 aliphatic heterocycles. The Morgan fingerprint density at radius 3 is 2.79 bits per heavy atom. The van der Waals surface area contributed by atoms with Gasteiger partial charge in [-0.25, -0.2) is 4.98 Å². The fraction of sp³-hybridized carbons (Fsp3) is 0.0952. The summed E-state index contributed by atoms with van der Waals surface area (Å²) in [7, 11) is 0. The summed E-state index contributed by atoms with van der Waals surface area (Å²) in [5, 5.41) is 4.31. The van der Waals surface area contributed by atoms with E-state index < -0.39 is 0 Å².